The Morgan fingerprint density at radius 1 is 1.04 bits per heavy atom. The largest absolute Gasteiger partial charge is 0.478 e. The van der Waals surface area contributed by atoms with E-state index in [1.165, 1.54) is 17.7 Å². The molecule has 2 aromatic carbocycles. The van der Waals surface area contributed by atoms with Gasteiger partial charge in [0.25, 0.3) is 0 Å². The predicted octanol–water partition coefficient (Wildman–Crippen LogP) is 5.11. The molecule has 0 amide bonds. The van der Waals surface area contributed by atoms with E-state index in [9.17, 15) is 14.3 Å². The number of hydrogen-bond acceptors (Lipinski definition) is 3. The Hall–Kier alpha value is -2.66. The monoisotopic (exact) mass is 341 g/mol. The van der Waals surface area contributed by atoms with Crippen LogP contribution in [0, 0.1) is 5.82 Å². The van der Waals surface area contributed by atoms with E-state index >= 15 is 0 Å². The summed E-state index contributed by atoms with van der Waals surface area (Å²) in [4.78, 5) is 11.4. The summed E-state index contributed by atoms with van der Waals surface area (Å²) < 4.78 is 13.0. The third kappa shape index (κ3) is 4.00. The van der Waals surface area contributed by atoms with Crippen LogP contribution in [-0.2, 0) is 12.8 Å². The van der Waals surface area contributed by atoms with Gasteiger partial charge >= 0.3 is 5.97 Å². The fraction of sp³-hybridized carbons (Fsp3) is 0.105. The van der Waals surface area contributed by atoms with Crippen molar-refractivity contribution < 1.29 is 14.3 Å². The zero-order valence-corrected chi connectivity index (χ0v) is 13.6. The number of hydrogen-bond donors (Lipinski definition) is 2. The van der Waals surface area contributed by atoms with Crippen molar-refractivity contribution in [2.75, 3.05) is 5.32 Å². The van der Waals surface area contributed by atoms with E-state index in [4.69, 9.17) is 0 Å². The molecule has 0 bridgehead atoms. The van der Waals surface area contributed by atoms with Crippen LogP contribution in [0.5, 0.6) is 0 Å². The van der Waals surface area contributed by atoms with Gasteiger partial charge in [0.2, 0.25) is 0 Å². The molecule has 2 N–H and O–H groups in total. The number of thiophene rings is 1. The molecular weight excluding hydrogens is 325 g/mol. The molecule has 0 aliphatic heterocycles. The van der Waals surface area contributed by atoms with E-state index in [-0.39, 0.29) is 11.4 Å². The van der Waals surface area contributed by atoms with E-state index in [2.05, 4.69) is 16.8 Å². The molecule has 0 unspecified atom stereocenters. The molecular formula is C19H16FNO2S. The van der Waals surface area contributed by atoms with Crippen LogP contribution in [0.25, 0.3) is 0 Å². The average Bonchev–Trinajstić information content (AvgIpc) is 3.08. The van der Waals surface area contributed by atoms with Crippen LogP contribution in [0.4, 0.5) is 15.8 Å². The molecule has 1 heterocycles. The first-order valence-corrected chi connectivity index (χ1v) is 8.46. The van der Waals surface area contributed by atoms with Crippen LogP contribution < -0.4 is 5.32 Å². The molecule has 24 heavy (non-hydrogen) atoms. The van der Waals surface area contributed by atoms with Crippen molar-refractivity contribution in [2.45, 2.75) is 12.8 Å². The van der Waals surface area contributed by atoms with Gasteiger partial charge in [0.15, 0.2) is 0 Å². The Balaban J connectivity index is 1.82. The molecule has 122 valence electrons. The minimum Gasteiger partial charge on any atom is -0.478 e. The summed E-state index contributed by atoms with van der Waals surface area (Å²) in [6.07, 6.45) is 1.74. The van der Waals surface area contributed by atoms with Crippen molar-refractivity contribution >= 4 is 28.7 Å². The fourth-order valence-electron chi connectivity index (χ4n) is 2.45. The van der Waals surface area contributed by atoms with Crippen LogP contribution in [0.2, 0.25) is 0 Å². The van der Waals surface area contributed by atoms with Crippen LogP contribution in [0.15, 0.2) is 59.3 Å². The summed E-state index contributed by atoms with van der Waals surface area (Å²) in [6, 6.07) is 13.2. The highest BCUT2D eigenvalue weighted by atomic mass is 32.1. The Morgan fingerprint density at radius 2 is 1.79 bits per heavy atom. The summed E-state index contributed by atoms with van der Waals surface area (Å²) in [5.74, 6) is -1.33. The third-order valence-corrected chi connectivity index (χ3v) is 4.45. The lowest BCUT2D eigenvalue weighted by molar-refractivity contribution is 0.0698. The van der Waals surface area contributed by atoms with Gasteiger partial charge in [-0.05, 0) is 77.2 Å². The standard InChI is InChI=1S/C19H16FNO2S/c20-15-4-6-16(7-5-15)21-18-11-13(3-8-17(18)19(22)23)1-2-14-9-10-24-12-14/h3-12,21H,1-2H2,(H,22,23). The Morgan fingerprint density at radius 3 is 2.46 bits per heavy atom. The summed E-state index contributed by atoms with van der Waals surface area (Å²) in [7, 11) is 0. The van der Waals surface area contributed by atoms with E-state index in [1.807, 2.05) is 17.5 Å². The van der Waals surface area contributed by atoms with Gasteiger partial charge in [0, 0.05) is 5.69 Å². The van der Waals surface area contributed by atoms with Crippen molar-refractivity contribution in [1.29, 1.82) is 0 Å². The average molecular weight is 341 g/mol. The summed E-state index contributed by atoms with van der Waals surface area (Å²) in [5.41, 5.74) is 3.68. The van der Waals surface area contributed by atoms with E-state index in [1.54, 1.807) is 29.5 Å². The van der Waals surface area contributed by atoms with Crippen molar-refractivity contribution in [1.82, 2.24) is 0 Å². The number of nitrogens with one attached hydrogen (secondary N) is 1. The Bertz CT molecular complexity index is 829. The first-order valence-electron chi connectivity index (χ1n) is 7.52. The number of aromatic carboxylic acids is 1. The molecule has 0 saturated heterocycles. The fourth-order valence-corrected chi connectivity index (χ4v) is 3.15. The van der Waals surface area contributed by atoms with Gasteiger partial charge in [0.1, 0.15) is 5.82 Å². The normalized spacial score (nSPS) is 10.5. The van der Waals surface area contributed by atoms with Crippen molar-refractivity contribution in [2.24, 2.45) is 0 Å². The molecule has 1 aromatic heterocycles. The van der Waals surface area contributed by atoms with Gasteiger partial charge in [-0.25, -0.2) is 9.18 Å². The van der Waals surface area contributed by atoms with E-state index < -0.39 is 5.97 Å². The second-order valence-corrected chi connectivity index (χ2v) is 6.23. The van der Waals surface area contributed by atoms with Gasteiger partial charge in [0.05, 0.1) is 11.3 Å². The van der Waals surface area contributed by atoms with Gasteiger partial charge in [-0.3, -0.25) is 0 Å². The van der Waals surface area contributed by atoms with Crippen LogP contribution in [0.1, 0.15) is 21.5 Å². The van der Waals surface area contributed by atoms with Gasteiger partial charge in [-0.15, -0.1) is 0 Å². The number of benzene rings is 2. The van der Waals surface area contributed by atoms with Crippen LogP contribution in [-0.4, -0.2) is 11.1 Å². The first-order chi connectivity index (χ1) is 11.6. The molecule has 3 aromatic rings. The molecule has 0 saturated carbocycles. The maximum absolute atomic E-state index is 13.0. The SMILES string of the molecule is O=C(O)c1ccc(CCc2ccsc2)cc1Nc1ccc(F)cc1. The number of aryl methyl sites for hydroxylation is 2. The molecule has 3 rings (SSSR count). The van der Waals surface area contributed by atoms with Gasteiger partial charge in [-0.2, -0.15) is 11.3 Å². The smallest absolute Gasteiger partial charge is 0.337 e. The lowest BCUT2D eigenvalue weighted by Crippen LogP contribution is -2.04. The molecule has 5 heteroatoms. The highest BCUT2D eigenvalue weighted by Gasteiger charge is 2.11. The molecule has 0 spiro atoms. The predicted molar refractivity (Wildman–Crippen MR) is 94.8 cm³/mol. The Kier molecular flexibility index (Phi) is 4.91. The molecule has 0 radical (unpaired) electrons. The lowest BCUT2D eigenvalue weighted by Gasteiger charge is -2.12. The van der Waals surface area contributed by atoms with Crippen molar-refractivity contribution in [3.63, 3.8) is 0 Å². The molecule has 3 nitrogen and oxygen atoms in total. The number of carboxylic acids is 1. The van der Waals surface area contributed by atoms with Crippen molar-refractivity contribution in [3.8, 4) is 0 Å². The van der Waals surface area contributed by atoms with Crippen LogP contribution >= 0.6 is 11.3 Å². The third-order valence-electron chi connectivity index (χ3n) is 3.72. The number of rotatable bonds is 6. The molecule has 0 aliphatic rings. The quantitative estimate of drug-likeness (QED) is 0.655. The van der Waals surface area contributed by atoms with Gasteiger partial charge in [-0.1, -0.05) is 6.07 Å². The minimum absolute atomic E-state index is 0.193. The highest BCUT2D eigenvalue weighted by Crippen LogP contribution is 2.24. The van der Waals surface area contributed by atoms with E-state index in [0.29, 0.717) is 11.4 Å². The van der Waals surface area contributed by atoms with Crippen molar-refractivity contribution in [3.05, 3.63) is 81.8 Å². The second-order valence-electron chi connectivity index (χ2n) is 5.45. The molecule has 0 atom stereocenters. The topological polar surface area (TPSA) is 49.3 Å². The second kappa shape index (κ2) is 7.27. The zero-order valence-electron chi connectivity index (χ0n) is 12.8. The number of halogens is 1. The van der Waals surface area contributed by atoms with Gasteiger partial charge < -0.3 is 10.4 Å². The number of carboxylic acid groups (broad SMARTS) is 1. The number of carbonyl (C=O) groups is 1. The summed E-state index contributed by atoms with van der Waals surface area (Å²) >= 11 is 1.67. The summed E-state index contributed by atoms with van der Waals surface area (Å²) in [6.45, 7) is 0. The maximum atomic E-state index is 13.0. The molecule has 0 fully saturated rings. The summed E-state index contributed by atoms with van der Waals surface area (Å²) in [5, 5.41) is 16.6. The zero-order chi connectivity index (χ0) is 16.9. The lowest BCUT2D eigenvalue weighted by atomic mass is 10.0. The maximum Gasteiger partial charge on any atom is 0.337 e. The number of anilines is 2. The van der Waals surface area contributed by atoms with E-state index in [0.717, 1.165) is 18.4 Å². The highest BCUT2D eigenvalue weighted by molar-refractivity contribution is 7.07. The van der Waals surface area contributed by atoms with Crippen LogP contribution in [0.3, 0.4) is 0 Å². The minimum atomic E-state index is -0.996. The molecule has 0 aliphatic carbocycles. The Labute approximate surface area is 143 Å². The first kappa shape index (κ1) is 16.2.